The molecule has 0 aromatic heterocycles. The molecule has 0 unspecified atom stereocenters. The predicted octanol–water partition coefficient (Wildman–Crippen LogP) is 12.9. The third kappa shape index (κ3) is 36.1. The smallest absolute Gasteiger partial charge is 0.104 e. The van der Waals surface area contributed by atoms with Crippen LogP contribution in [0.1, 0.15) is 226 Å². The number of unbranched alkanes of at least 4 members (excludes halogenated alkanes) is 30. The lowest BCUT2D eigenvalue weighted by Gasteiger charge is -2.15. The highest BCUT2D eigenvalue weighted by Crippen LogP contribution is 2.15. The van der Waals surface area contributed by atoms with Crippen molar-refractivity contribution in [3.8, 4) is 0 Å². The minimum Gasteiger partial charge on any atom is -0.394 e. The summed E-state index contributed by atoms with van der Waals surface area (Å²) in [4.78, 5) is 0. The zero-order valence-corrected chi connectivity index (χ0v) is 28.8. The summed E-state index contributed by atoms with van der Waals surface area (Å²) in [7, 11) is 0. The maximum Gasteiger partial charge on any atom is 0.104 e. The molecule has 0 radical (unpaired) electrons. The van der Waals surface area contributed by atoms with E-state index in [0.29, 0.717) is 12.8 Å². The summed E-state index contributed by atoms with van der Waals surface area (Å²) < 4.78 is 51.1. The van der Waals surface area contributed by atoms with E-state index in [-0.39, 0.29) is 13.2 Å². The molecule has 42 heavy (non-hydrogen) atoms. The van der Waals surface area contributed by atoms with Gasteiger partial charge in [-0.2, -0.15) is 0 Å². The highest BCUT2D eigenvalue weighted by Gasteiger charge is 2.07. The molecule has 0 saturated carbocycles. The number of aliphatic hydroxyl groups is 1. The van der Waals surface area contributed by atoms with E-state index in [4.69, 9.17) is 16.3 Å². The van der Waals surface area contributed by atoms with Crippen LogP contribution in [0.5, 0.6) is 0 Å². The van der Waals surface area contributed by atoms with Gasteiger partial charge < -0.3 is 14.6 Å². The summed E-state index contributed by atoms with van der Waals surface area (Å²) in [6.07, 6.45) is 36.9. The topological polar surface area (TPSA) is 38.7 Å². The van der Waals surface area contributed by atoms with Gasteiger partial charge in [-0.3, -0.25) is 0 Å². The molecular formula is C39H80O3. The van der Waals surface area contributed by atoms with Crippen LogP contribution >= 0.6 is 0 Å². The van der Waals surface area contributed by atoms with Crippen molar-refractivity contribution in [1.82, 2.24) is 0 Å². The van der Waals surface area contributed by atoms with Crippen LogP contribution in [-0.2, 0) is 9.47 Å². The Morgan fingerprint density at radius 3 is 0.976 bits per heavy atom. The van der Waals surface area contributed by atoms with Gasteiger partial charge in [0.2, 0.25) is 0 Å². The van der Waals surface area contributed by atoms with Crippen molar-refractivity contribution in [3.63, 3.8) is 0 Å². The lowest BCUT2D eigenvalue weighted by Crippen LogP contribution is -2.24. The van der Waals surface area contributed by atoms with Crippen molar-refractivity contribution < 1.29 is 21.4 Å². The van der Waals surface area contributed by atoms with E-state index in [1.54, 1.807) is 0 Å². The second-order valence-electron chi connectivity index (χ2n) is 12.8. The Balaban J connectivity index is 3.86. The lowest BCUT2D eigenvalue weighted by molar-refractivity contribution is -0.0437. The standard InChI is InChI=1S/C39H80O3/c1-3-5-7-9-11-13-15-17-19-21-23-25-27-29-31-33-35-41-38-39(37-40)42-36-34-32-30-28-26-24-22-20-18-16-14-12-10-8-6-4-2/h39-40H,3-38H2,1-2H3/t39-/m0/s1/i37D2,38D2,39D. The highest BCUT2D eigenvalue weighted by molar-refractivity contribution is 4.56. The summed E-state index contributed by atoms with van der Waals surface area (Å²) in [5.41, 5.74) is 0. The van der Waals surface area contributed by atoms with Gasteiger partial charge in [0, 0.05) is 13.2 Å². The molecule has 254 valence electrons. The Morgan fingerprint density at radius 1 is 0.429 bits per heavy atom. The van der Waals surface area contributed by atoms with E-state index in [1.165, 1.54) is 154 Å². The average Bonchev–Trinajstić information content (AvgIpc) is 3.03. The summed E-state index contributed by atoms with van der Waals surface area (Å²) >= 11 is 0. The number of hydrogen-bond acceptors (Lipinski definition) is 3. The monoisotopic (exact) mass is 602 g/mol. The van der Waals surface area contributed by atoms with Crippen LogP contribution in [-0.4, -0.2) is 37.5 Å². The Kier molecular flexibility index (Phi) is 30.8. The van der Waals surface area contributed by atoms with E-state index in [9.17, 15) is 5.11 Å². The van der Waals surface area contributed by atoms with Crippen molar-refractivity contribution in [3.05, 3.63) is 0 Å². The van der Waals surface area contributed by atoms with Crippen molar-refractivity contribution >= 4 is 0 Å². The molecule has 1 N–H and O–H groups in total. The van der Waals surface area contributed by atoms with Crippen molar-refractivity contribution in [2.75, 3.05) is 26.3 Å². The van der Waals surface area contributed by atoms with Gasteiger partial charge in [0.15, 0.2) is 0 Å². The number of hydrogen-bond donors (Lipinski definition) is 1. The molecule has 0 heterocycles. The van der Waals surface area contributed by atoms with E-state index >= 15 is 0 Å². The molecule has 0 bridgehead atoms. The molecule has 0 aromatic carbocycles. The molecule has 3 nitrogen and oxygen atoms in total. The van der Waals surface area contributed by atoms with Gasteiger partial charge in [0.1, 0.15) is 6.08 Å². The van der Waals surface area contributed by atoms with Gasteiger partial charge in [-0.15, -0.1) is 0 Å². The molecule has 0 amide bonds. The van der Waals surface area contributed by atoms with E-state index in [1.807, 2.05) is 0 Å². The normalized spacial score (nSPS) is 15.5. The first-order chi connectivity index (χ1) is 22.6. The van der Waals surface area contributed by atoms with Gasteiger partial charge in [-0.05, 0) is 12.8 Å². The van der Waals surface area contributed by atoms with Crippen LogP contribution in [0, 0.1) is 0 Å². The fourth-order valence-electron chi connectivity index (χ4n) is 5.75. The molecule has 3 heteroatoms. The average molecular weight is 602 g/mol. The number of ether oxygens (including phenoxy) is 2. The van der Waals surface area contributed by atoms with Gasteiger partial charge in [0.05, 0.1) is 20.0 Å². The summed E-state index contributed by atoms with van der Waals surface area (Å²) in [5, 5.41) is 10.1. The quantitative estimate of drug-likeness (QED) is 0.0715. The third-order valence-corrected chi connectivity index (χ3v) is 8.61. The maximum absolute atomic E-state index is 10.1. The Bertz CT molecular complexity index is 647. The van der Waals surface area contributed by atoms with Crippen LogP contribution in [0.15, 0.2) is 0 Å². The SMILES string of the molecule is [2H]C([2H])(O)[C@]([2H])(OCCCCCCCCCCCCCCCCCC)C([2H])([2H])OCCCCCCCCCCCCCCCCCC. The van der Waals surface area contributed by atoms with Crippen LogP contribution in [0.25, 0.3) is 0 Å². The molecule has 1 atom stereocenters. The summed E-state index contributed by atoms with van der Waals surface area (Å²) in [6, 6.07) is 0. The molecule has 0 aliphatic rings. The molecule has 0 aliphatic heterocycles. The van der Waals surface area contributed by atoms with E-state index in [2.05, 4.69) is 13.8 Å². The van der Waals surface area contributed by atoms with Crippen molar-refractivity contribution in [1.29, 1.82) is 0 Å². The van der Waals surface area contributed by atoms with Gasteiger partial charge in [0.25, 0.3) is 0 Å². The minimum atomic E-state index is -3.19. The Hall–Kier alpha value is -0.120. The third-order valence-electron chi connectivity index (χ3n) is 8.61. The van der Waals surface area contributed by atoms with Crippen LogP contribution in [0.3, 0.4) is 0 Å². The van der Waals surface area contributed by atoms with Crippen LogP contribution in [0.2, 0.25) is 0 Å². The van der Waals surface area contributed by atoms with Crippen molar-refractivity contribution in [2.24, 2.45) is 0 Å². The first-order valence-electron chi connectivity index (χ1n) is 21.6. The molecule has 0 rings (SSSR count). The van der Waals surface area contributed by atoms with Crippen LogP contribution < -0.4 is 0 Å². The van der Waals surface area contributed by atoms with E-state index < -0.39 is 19.2 Å². The second kappa shape index (κ2) is 38.9. The molecule has 0 aromatic rings. The molecule has 0 aliphatic carbocycles. The van der Waals surface area contributed by atoms with Gasteiger partial charge in [-0.1, -0.05) is 206 Å². The molecule has 0 saturated heterocycles. The maximum atomic E-state index is 10.1. The molecule has 0 fully saturated rings. The fraction of sp³-hybridized carbons (Fsp3) is 1.00. The Morgan fingerprint density at radius 2 is 0.690 bits per heavy atom. The first-order valence-corrected chi connectivity index (χ1v) is 19.1. The Labute approximate surface area is 273 Å². The van der Waals surface area contributed by atoms with Crippen molar-refractivity contribution in [2.45, 2.75) is 225 Å². The predicted molar refractivity (Wildman–Crippen MR) is 187 cm³/mol. The second-order valence-corrected chi connectivity index (χ2v) is 12.8. The van der Waals surface area contributed by atoms with Gasteiger partial charge in [-0.25, -0.2) is 0 Å². The summed E-state index contributed by atoms with van der Waals surface area (Å²) in [6.45, 7) is -1.34. The minimum absolute atomic E-state index is 0.0178. The van der Waals surface area contributed by atoms with Gasteiger partial charge >= 0.3 is 0 Å². The number of rotatable bonds is 38. The fourth-order valence-corrected chi connectivity index (χ4v) is 5.75. The zero-order chi connectivity index (χ0) is 35.0. The zero-order valence-electron chi connectivity index (χ0n) is 33.8. The highest BCUT2D eigenvalue weighted by atomic mass is 16.5. The largest absolute Gasteiger partial charge is 0.394 e. The lowest BCUT2D eigenvalue weighted by atomic mass is 10.0. The van der Waals surface area contributed by atoms with E-state index in [0.717, 1.165) is 38.5 Å². The van der Waals surface area contributed by atoms with Crippen LogP contribution in [0.4, 0.5) is 0 Å². The molecule has 0 spiro atoms. The summed E-state index contributed by atoms with van der Waals surface area (Å²) in [5.74, 6) is 0. The molecular weight excluding hydrogens is 516 g/mol. The first kappa shape index (κ1) is 33.2.